The van der Waals surface area contributed by atoms with Crippen molar-refractivity contribution in [3.8, 4) is 5.75 Å². The Morgan fingerprint density at radius 3 is 2.48 bits per heavy atom. The van der Waals surface area contributed by atoms with Crippen LogP contribution in [0, 0.1) is 0 Å². The Balaban J connectivity index is 1.72. The highest BCUT2D eigenvalue weighted by atomic mass is 35.5. The molecule has 1 heterocycles. The highest BCUT2D eigenvalue weighted by molar-refractivity contribution is 8.18. The average Bonchev–Trinajstić information content (AvgIpc) is 2.87. The number of thioether (sulfide) groups is 1. The minimum absolute atomic E-state index is 0.0771. The van der Waals surface area contributed by atoms with Crippen LogP contribution in [0.3, 0.4) is 0 Å². The van der Waals surface area contributed by atoms with Crippen LogP contribution in [0.25, 0.3) is 6.08 Å². The Kier molecular flexibility index (Phi) is 5.74. The van der Waals surface area contributed by atoms with Crippen LogP contribution in [-0.2, 0) is 9.59 Å². The largest absolute Gasteiger partial charge is 0.507 e. The number of phenolic OH excluding ortho intramolecular Hbond substituents is 1. The summed E-state index contributed by atoms with van der Waals surface area (Å²) >= 11 is 12.4. The molecule has 0 saturated carbocycles. The highest BCUT2D eigenvalue weighted by Gasteiger charge is 2.36. The molecule has 0 radical (unpaired) electrons. The van der Waals surface area contributed by atoms with Crippen LogP contribution < -0.4 is 5.32 Å². The van der Waals surface area contributed by atoms with Crippen molar-refractivity contribution < 1.29 is 19.5 Å². The van der Waals surface area contributed by atoms with Gasteiger partial charge >= 0.3 is 0 Å². The lowest BCUT2D eigenvalue weighted by Gasteiger charge is -2.12. The zero-order valence-electron chi connectivity index (χ0n) is 13.6. The zero-order valence-corrected chi connectivity index (χ0v) is 15.9. The van der Waals surface area contributed by atoms with Crippen LogP contribution in [0.4, 0.5) is 10.5 Å². The summed E-state index contributed by atoms with van der Waals surface area (Å²) in [5.74, 6) is -1.21. The molecule has 1 saturated heterocycles. The molecule has 138 valence electrons. The van der Waals surface area contributed by atoms with Crippen molar-refractivity contribution in [2.24, 2.45) is 0 Å². The molecule has 1 fully saturated rings. The SMILES string of the molecule is O=C(CN1C(=O)S/C(=C\c2cc(Cl)ccc2O)C1=O)Nc1ccc(Cl)cc1. The van der Waals surface area contributed by atoms with Gasteiger partial charge in [0.1, 0.15) is 12.3 Å². The van der Waals surface area contributed by atoms with Crippen molar-refractivity contribution in [3.63, 3.8) is 0 Å². The molecule has 6 nitrogen and oxygen atoms in total. The molecule has 9 heteroatoms. The number of amides is 3. The molecule has 0 aliphatic carbocycles. The molecular formula is C18H12Cl2N2O4S. The summed E-state index contributed by atoms with van der Waals surface area (Å²) in [7, 11) is 0. The Hall–Kier alpha value is -2.48. The van der Waals surface area contributed by atoms with E-state index in [4.69, 9.17) is 23.2 Å². The van der Waals surface area contributed by atoms with Crippen molar-refractivity contribution >= 4 is 63.8 Å². The van der Waals surface area contributed by atoms with E-state index in [-0.39, 0.29) is 10.7 Å². The first-order valence-electron chi connectivity index (χ1n) is 7.63. The van der Waals surface area contributed by atoms with E-state index in [0.29, 0.717) is 33.1 Å². The summed E-state index contributed by atoms with van der Waals surface area (Å²) in [5, 5.41) is 12.8. The van der Waals surface area contributed by atoms with Crippen LogP contribution in [0.2, 0.25) is 10.0 Å². The summed E-state index contributed by atoms with van der Waals surface area (Å²) in [6.07, 6.45) is 1.36. The molecule has 1 aliphatic heterocycles. The van der Waals surface area contributed by atoms with Gasteiger partial charge in [-0.3, -0.25) is 19.3 Å². The first-order chi connectivity index (χ1) is 12.8. The maximum Gasteiger partial charge on any atom is 0.294 e. The number of halogens is 2. The number of aromatic hydroxyl groups is 1. The second kappa shape index (κ2) is 8.04. The lowest BCUT2D eigenvalue weighted by atomic mass is 10.2. The summed E-state index contributed by atoms with van der Waals surface area (Å²) in [4.78, 5) is 37.6. The van der Waals surface area contributed by atoms with Gasteiger partial charge in [0.15, 0.2) is 0 Å². The molecule has 0 atom stereocenters. The summed E-state index contributed by atoms with van der Waals surface area (Å²) in [5.41, 5.74) is 0.800. The number of hydrogen-bond donors (Lipinski definition) is 2. The fraction of sp³-hybridized carbons (Fsp3) is 0.0556. The number of phenols is 1. The highest BCUT2D eigenvalue weighted by Crippen LogP contribution is 2.34. The predicted octanol–water partition coefficient (Wildman–Crippen LogP) is 4.37. The van der Waals surface area contributed by atoms with E-state index in [2.05, 4.69) is 5.32 Å². The van der Waals surface area contributed by atoms with Crippen molar-refractivity contribution in [2.75, 3.05) is 11.9 Å². The smallest absolute Gasteiger partial charge is 0.294 e. The molecule has 1 aliphatic rings. The average molecular weight is 423 g/mol. The third kappa shape index (κ3) is 4.63. The minimum atomic E-state index is -0.615. The van der Waals surface area contributed by atoms with E-state index < -0.39 is 23.6 Å². The fourth-order valence-electron chi connectivity index (χ4n) is 2.30. The lowest BCUT2D eigenvalue weighted by molar-refractivity contribution is -0.127. The van der Waals surface area contributed by atoms with E-state index in [9.17, 15) is 19.5 Å². The molecule has 3 amide bonds. The van der Waals surface area contributed by atoms with Gasteiger partial charge in [-0.05, 0) is 60.3 Å². The predicted molar refractivity (Wildman–Crippen MR) is 106 cm³/mol. The normalized spacial score (nSPS) is 15.5. The molecule has 2 aromatic rings. The quantitative estimate of drug-likeness (QED) is 0.714. The number of benzene rings is 2. The molecule has 27 heavy (non-hydrogen) atoms. The Bertz CT molecular complexity index is 960. The standard InChI is InChI=1S/C18H12Cl2N2O4S/c19-11-1-4-13(5-2-11)21-16(24)9-22-17(25)15(27-18(22)26)8-10-7-12(20)3-6-14(10)23/h1-8,23H,9H2,(H,21,24)/b15-8-. The number of carbonyl (C=O) groups excluding carboxylic acids is 3. The molecule has 2 N–H and O–H groups in total. The van der Waals surface area contributed by atoms with E-state index in [1.807, 2.05) is 0 Å². The Labute approximate surface area is 168 Å². The monoisotopic (exact) mass is 422 g/mol. The molecule has 0 bridgehead atoms. The maximum absolute atomic E-state index is 12.5. The number of nitrogens with zero attached hydrogens (tertiary/aromatic N) is 1. The second-order valence-corrected chi connectivity index (χ2v) is 7.39. The minimum Gasteiger partial charge on any atom is -0.507 e. The van der Waals surface area contributed by atoms with Crippen LogP contribution in [-0.4, -0.2) is 33.6 Å². The van der Waals surface area contributed by atoms with Gasteiger partial charge in [0.25, 0.3) is 11.1 Å². The number of imide groups is 1. The third-order valence-electron chi connectivity index (χ3n) is 3.58. The zero-order chi connectivity index (χ0) is 19.6. The van der Waals surface area contributed by atoms with E-state index in [1.54, 1.807) is 24.3 Å². The first-order valence-corrected chi connectivity index (χ1v) is 9.20. The molecule has 2 aromatic carbocycles. The number of anilines is 1. The van der Waals surface area contributed by atoms with Crippen molar-refractivity contribution in [2.45, 2.75) is 0 Å². The number of rotatable bonds is 4. The van der Waals surface area contributed by atoms with Crippen molar-refractivity contribution in [3.05, 3.63) is 63.0 Å². The van der Waals surface area contributed by atoms with Crippen LogP contribution >= 0.6 is 35.0 Å². The van der Waals surface area contributed by atoms with Crippen LogP contribution in [0.5, 0.6) is 5.75 Å². The molecule has 0 spiro atoms. The summed E-state index contributed by atoms with van der Waals surface area (Å²) in [6.45, 7) is -0.424. The third-order valence-corrected chi connectivity index (χ3v) is 4.97. The molecule has 0 aromatic heterocycles. The molecular weight excluding hydrogens is 411 g/mol. The number of nitrogens with one attached hydrogen (secondary N) is 1. The van der Waals surface area contributed by atoms with Crippen molar-refractivity contribution in [1.29, 1.82) is 0 Å². The number of carbonyl (C=O) groups is 3. The van der Waals surface area contributed by atoms with E-state index in [1.165, 1.54) is 24.3 Å². The van der Waals surface area contributed by atoms with Gasteiger partial charge < -0.3 is 10.4 Å². The van der Waals surface area contributed by atoms with Gasteiger partial charge in [0.05, 0.1) is 4.91 Å². The second-order valence-electron chi connectivity index (χ2n) is 5.53. The van der Waals surface area contributed by atoms with Crippen molar-refractivity contribution in [1.82, 2.24) is 4.90 Å². The summed E-state index contributed by atoms with van der Waals surface area (Å²) < 4.78 is 0. The van der Waals surface area contributed by atoms with Gasteiger partial charge in [-0.2, -0.15) is 0 Å². The van der Waals surface area contributed by atoms with Gasteiger partial charge in [0, 0.05) is 21.3 Å². The molecule has 0 unspecified atom stereocenters. The van der Waals surface area contributed by atoms with Gasteiger partial charge in [-0.25, -0.2) is 0 Å². The van der Waals surface area contributed by atoms with Gasteiger partial charge in [-0.1, -0.05) is 23.2 Å². The number of hydrogen-bond acceptors (Lipinski definition) is 5. The van der Waals surface area contributed by atoms with E-state index >= 15 is 0 Å². The van der Waals surface area contributed by atoms with Gasteiger partial charge in [0.2, 0.25) is 5.91 Å². The first kappa shape index (κ1) is 19.3. The van der Waals surface area contributed by atoms with Crippen LogP contribution in [0.1, 0.15) is 5.56 Å². The Morgan fingerprint density at radius 1 is 1.11 bits per heavy atom. The topological polar surface area (TPSA) is 86.7 Å². The Morgan fingerprint density at radius 2 is 1.78 bits per heavy atom. The summed E-state index contributed by atoms with van der Waals surface area (Å²) in [6, 6.07) is 10.8. The molecule has 3 rings (SSSR count). The van der Waals surface area contributed by atoms with Crippen LogP contribution in [0.15, 0.2) is 47.4 Å². The lowest BCUT2D eigenvalue weighted by Crippen LogP contribution is -2.36. The fourth-order valence-corrected chi connectivity index (χ4v) is 3.43. The maximum atomic E-state index is 12.5. The van der Waals surface area contributed by atoms with E-state index in [0.717, 1.165) is 4.90 Å². The van der Waals surface area contributed by atoms with Gasteiger partial charge in [-0.15, -0.1) is 0 Å².